The minimum absolute atomic E-state index is 0.0572. The Morgan fingerprint density at radius 2 is 2.20 bits per heavy atom. The Morgan fingerprint density at radius 3 is 2.93 bits per heavy atom. The molecule has 0 N–H and O–H groups in total. The van der Waals surface area contributed by atoms with Crippen molar-refractivity contribution in [3.63, 3.8) is 0 Å². The van der Waals surface area contributed by atoms with Gasteiger partial charge in [0.15, 0.2) is 11.0 Å². The number of aromatic nitrogens is 2. The van der Waals surface area contributed by atoms with Crippen molar-refractivity contribution in [2.75, 3.05) is 0 Å². The van der Waals surface area contributed by atoms with Gasteiger partial charge in [-0.05, 0) is 18.8 Å². The van der Waals surface area contributed by atoms with Gasteiger partial charge in [0.2, 0.25) is 0 Å². The van der Waals surface area contributed by atoms with Crippen molar-refractivity contribution in [2.45, 2.75) is 38.5 Å². The van der Waals surface area contributed by atoms with Gasteiger partial charge in [0.1, 0.15) is 6.33 Å². The summed E-state index contributed by atoms with van der Waals surface area (Å²) in [6.45, 7) is 2.20. The summed E-state index contributed by atoms with van der Waals surface area (Å²) in [5.41, 5.74) is 0.501. The van der Waals surface area contributed by atoms with Crippen LogP contribution >= 0.6 is 11.6 Å². The molecule has 0 saturated heterocycles. The van der Waals surface area contributed by atoms with Crippen LogP contribution in [0.1, 0.15) is 44.2 Å². The summed E-state index contributed by atoms with van der Waals surface area (Å²) < 4.78 is 13.7. The first-order valence-corrected chi connectivity index (χ1v) is 5.72. The van der Waals surface area contributed by atoms with E-state index in [-0.39, 0.29) is 11.1 Å². The number of halogens is 2. The fourth-order valence-electron chi connectivity index (χ4n) is 2.33. The van der Waals surface area contributed by atoms with Gasteiger partial charge in [-0.2, -0.15) is 0 Å². The first-order valence-electron chi connectivity index (χ1n) is 5.34. The summed E-state index contributed by atoms with van der Waals surface area (Å²) >= 11 is 5.64. The van der Waals surface area contributed by atoms with Crippen LogP contribution in [0.4, 0.5) is 4.39 Å². The van der Waals surface area contributed by atoms with Gasteiger partial charge in [-0.25, -0.2) is 14.4 Å². The minimum Gasteiger partial charge on any atom is -0.238 e. The van der Waals surface area contributed by atoms with Crippen molar-refractivity contribution in [1.29, 1.82) is 0 Å². The molecule has 1 aromatic heterocycles. The zero-order valence-electron chi connectivity index (χ0n) is 8.71. The largest absolute Gasteiger partial charge is 0.238 e. The smallest absolute Gasteiger partial charge is 0.182 e. The van der Waals surface area contributed by atoms with Gasteiger partial charge < -0.3 is 0 Å². The van der Waals surface area contributed by atoms with E-state index in [4.69, 9.17) is 11.6 Å². The maximum atomic E-state index is 13.7. The molecule has 2 unspecified atom stereocenters. The Hall–Kier alpha value is -0.700. The number of rotatable bonds is 1. The predicted molar refractivity (Wildman–Crippen MR) is 57.4 cm³/mol. The summed E-state index contributed by atoms with van der Waals surface area (Å²) in [6, 6.07) is 0. The molecule has 1 aromatic rings. The van der Waals surface area contributed by atoms with E-state index in [0.29, 0.717) is 11.6 Å². The Morgan fingerprint density at radius 1 is 1.40 bits per heavy atom. The van der Waals surface area contributed by atoms with Crippen molar-refractivity contribution in [1.82, 2.24) is 9.97 Å². The van der Waals surface area contributed by atoms with Gasteiger partial charge in [0.05, 0.1) is 5.69 Å². The van der Waals surface area contributed by atoms with E-state index in [1.165, 1.54) is 12.7 Å². The molecule has 82 valence electrons. The average Bonchev–Trinajstić information content (AvgIpc) is 2.22. The zero-order valence-corrected chi connectivity index (χ0v) is 9.47. The lowest BCUT2D eigenvalue weighted by molar-refractivity contribution is 0.332. The molecule has 2 rings (SSSR count). The van der Waals surface area contributed by atoms with E-state index in [9.17, 15) is 4.39 Å². The SMILES string of the molecule is CC1CCCC(c2ncnc(Cl)c2F)C1. The molecule has 0 aromatic carbocycles. The molecular formula is C11H14ClFN2. The molecule has 4 heteroatoms. The number of nitrogens with zero attached hydrogens (tertiary/aromatic N) is 2. The third-order valence-electron chi connectivity index (χ3n) is 3.10. The molecule has 0 spiro atoms. The van der Waals surface area contributed by atoms with E-state index in [0.717, 1.165) is 19.3 Å². The highest BCUT2D eigenvalue weighted by molar-refractivity contribution is 6.29. The molecule has 0 aliphatic heterocycles. The average molecular weight is 229 g/mol. The standard InChI is InChI=1S/C11H14ClFN2/c1-7-3-2-4-8(5-7)10-9(13)11(12)15-6-14-10/h6-8H,2-5H2,1H3. The van der Waals surface area contributed by atoms with Crippen LogP contribution in [0.2, 0.25) is 5.15 Å². The first-order chi connectivity index (χ1) is 7.18. The van der Waals surface area contributed by atoms with Crippen LogP contribution in [0.15, 0.2) is 6.33 Å². The molecule has 2 atom stereocenters. The lowest BCUT2D eigenvalue weighted by atomic mass is 9.80. The monoisotopic (exact) mass is 228 g/mol. The molecule has 0 amide bonds. The zero-order chi connectivity index (χ0) is 10.8. The van der Waals surface area contributed by atoms with E-state index in [1.807, 2.05) is 0 Å². The van der Waals surface area contributed by atoms with Gasteiger partial charge in [-0.15, -0.1) is 0 Å². The normalized spacial score (nSPS) is 26.6. The maximum Gasteiger partial charge on any atom is 0.182 e. The summed E-state index contributed by atoms with van der Waals surface area (Å²) in [5.74, 6) is 0.435. The molecule has 1 fully saturated rings. The van der Waals surface area contributed by atoms with Gasteiger partial charge in [-0.3, -0.25) is 0 Å². The molecule has 1 aliphatic carbocycles. The summed E-state index contributed by atoms with van der Waals surface area (Å²) in [6.07, 6.45) is 5.74. The Balaban J connectivity index is 2.24. The highest BCUT2D eigenvalue weighted by Crippen LogP contribution is 2.36. The Kier molecular flexibility index (Phi) is 3.19. The predicted octanol–water partition coefficient (Wildman–Crippen LogP) is 3.56. The Bertz CT molecular complexity index is 356. The topological polar surface area (TPSA) is 25.8 Å². The lowest BCUT2D eigenvalue weighted by Gasteiger charge is -2.26. The van der Waals surface area contributed by atoms with Crippen molar-refractivity contribution in [3.8, 4) is 0 Å². The molecule has 15 heavy (non-hydrogen) atoms. The molecular weight excluding hydrogens is 215 g/mol. The number of hydrogen-bond donors (Lipinski definition) is 0. The van der Waals surface area contributed by atoms with Crippen LogP contribution < -0.4 is 0 Å². The third-order valence-corrected chi connectivity index (χ3v) is 3.36. The van der Waals surface area contributed by atoms with Crippen LogP contribution in [0.3, 0.4) is 0 Å². The van der Waals surface area contributed by atoms with Gasteiger partial charge in [0.25, 0.3) is 0 Å². The second-order valence-corrected chi connectivity index (χ2v) is 4.69. The summed E-state index contributed by atoms with van der Waals surface area (Å²) in [4.78, 5) is 7.66. The van der Waals surface area contributed by atoms with Gasteiger partial charge >= 0.3 is 0 Å². The van der Waals surface area contributed by atoms with Crippen LogP contribution in [-0.2, 0) is 0 Å². The fraction of sp³-hybridized carbons (Fsp3) is 0.636. The molecule has 1 saturated carbocycles. The van der Waals surface area contributed by atoms with Crippen molar-refractivity contribution in [2.24, 2.45) is 5.92 Å². The minimum atomic E-state index is -0.432. The van der Waals surface area contributed by atoms with Gasteiger partial charge in [-0.1, -0.05) is 31.4 Å². The van der Waals surface area contributed by atoms with Crippen molar-refractivity contribution < 1.29 is 4.39 Å². The van der Waals surface area contributed by atoms with Crippen LogP contribution in [0.25, 0.3) is 0 Å². The van der Waals surface area contributed by atoms with E-state index < -0.39 is 5.82 Å². The number of hydrogen-bond acceptors (Lipinski definition) is 2. The summed E-state index contributed by atoms with van der Waals surface area (Å²) in [5, 5.41) is -0.0572. The second-order valence-electron chi connectivity index (χ2n) is 4.33. The quantitative estimate of drug-likeness (QED) is 0.687. The third kappa shape index (κ3) is 2.28. The second kappa shape index (κ2) is 4.44. The highest BCUT2D eigenvalue weighted by Gasteiger charge is 2.25. The van der Waals surface area contributed by atoms with Gasteiger partial charge in [0, 0.05) is 5.92 Å². The molecule has 2 nitrogen and oxygen atoms in total. The van der Waals surface area contributed by atoms with Crippen LogP contribution in [0, 0.1) is 11.7 Å². The molecule has 0 radical (unpaired) electrons. The molecule has 1 aliphatic rings. The van der Waals surface area contributed by atoms with E-state index in [2.05, 4.69) is 16.9 Å². The van der Waals surface area contributed by atoms with Crippen LogP contribution in [0.5, 0.6) is 0 Å². The Labute approximate surface area is 93.9 Å². The molecule has 1 heterocycles. The fourth-order valence-corrected chi connectivity index (χ4v) is 2.47. The van der Waals surface area contributed by atoms with E-state index >= 15 is 0 Å². The summed E-state index contributed by atoms with van der Waals surface area (Å²) in [7, 11) is 0. The molecule has 0 bridgehead atoms. The first kappa shape index (κ1) is 10.8. The van der Waals surface area contributed by atoms with Crippen molar-refractivity contribution >= 4 is 11.6 Å². The lowest BCUT2D eigenvalue weighted by Crippen LogP contribution is -2.14. The maximum absolute atomic E-state index is 13.7. The van der Waals surface area contributed by atoms with E-state index in [1.54, 1.807) is 0 Å². The van der Waals surface area contributed by atoms with Crippen molar-refractivity contribution in [3.05, 3.63) is 23.0 Å². The highest BCUT2D eigenvalue weighted by atomic mass is 35.5. The van der Waals surface area contributed by atoms with Crippen LogP contribution in [-0.4, -0.2) is 9.97 Å².